The van der Waals surface area contributed by atoms with E-state index in [4.69, 9.17) is 19.3 Å². The predicted molar refractivity (Wildman–Crippen MR) is 85.4 cm³/mol. The van der Waals surface area contributed by atoms with E-state index in [2.05, 4.69) is 0 Å². The minimum absolute atomic E-state index is 0. The molecule has 28 heavy (non-hydrogen) atoms. The third kappa shape index (κ3) is 16.3. The van der Waals surface area contributed by atoms with Gasteiger partial charge in [-0.2, -0.15) is 16.8 Å². The monoisotopic (exact) mass is 496 g/mol. The van der Waals surface area contributed by atoms with Gasteiger partial charge < -0.3 is 15.9 Å². The van der Waals surface area contributed by atoms with Crippen molar-refractivity contribution in [1.29, 1.82) is 0 Å². The van der Waals surface area contributed by atoms with E-state index in [1.807, 2.05) is 0 Å². The van der Waals surface area contributed by atoms with Gasteiger partial charge in [-0.15, -0.1) is 0 Å². The van der Waals surface area contributed by atoms with E-state index in [-0.39, 0.29) is 151 Å². The maximum Gasteiger partial charge on any atom is 1.00 e. The maximum atomic E-state index is 10.8. The summed E-state index contributed by atoms with van der Waals surface area (Å²) in [6.45, 7) is 3.46. The first-order valence-electron chi connectivity index (χ1n) is 6.12. The van der Waals surface area contributed by atoms with Crippen molar-refractivity contribution in [2.45, 2.75) is 30.4 Å². The number of rotatable bonds is 5. The molecule has 0 aliphatic heterocycles. The van der Waals surface area contributed by atoms with Crippen LogP contribution in [0.25, 0.3) is 0 Å². The fourth-order valence-electron chi connectivity index (χ4n) is 1.48. The first-order chi connectivity index (χ1) is 10.7. The van der Waals surface area contributed by atoms with Gasteiger partial charge in [-0.25, -0.2) is 0 Å². The molecule has 0 saturated heterocycles. The van der Waals surface area contributed by atoms with E-state index < -0.39 is 43.8 Å². The summed E-state index contributed by atoms with van der Waals surface area (Å²) in [6.07, 6.45) is -1.16. The zero-order valence-electron chi connectivity index (χ0n) is 20.6. The largest absolute Gasteiger partial charge is 1.00 e. The molecule has 0 aromatic heterocycles. The van der Waals surface area contributed by atoms with Gasteiger partial charge in [0.1, 0.15) is 0 Å². The van der Waals surface area contributed by atoms with Crippen molar-refractivity contribution in [2.24, 2.45) is 0 Å². The Kier molecular flexibility index (Phi) is 26.4. The Hall–Kier alpha value is 2.62. The summed E-state index contributed by atoms with van der Waals surface area (Å²) in [7, 11) is -8.90. The molecule has 0 aliphatic carbocycles. The fraction of sp³-hybridized carbons (Fsp3) is 0.333. The summed E-state index contributed by atoms with van der Waals surface area (Å²) in [4.78, 5) is 20.0. The summed E-state index contributed by atoms with van der Waals surface area (Å²) in [5, 5.41) is 13.9. The number of aryl methyl sites for hydroxylation is 1. The molecule has 0 radical (unpaired) electrons. The molecule has 0 heterocycles. The van der Waals surface area contributed by atoms with Crippen LogP contribution in [0.5, 0.6) is 0 Å². The minimum atomic E-state index is -4.84. The number of carboxylic acid groups (broad SMARTS) is 2. The Bertz CT molecular complexity index is 861. The maximum absolute atomic E-state index is 10.8. The summed E-state index contributed by atoms with van der Waals surface area (Å²) in [6, 6.07) is 4.78. The third-order valence-electron chi connectivity index (χ3n) is 2.83. The van der Waals surface area contributed by atoms with E-state index >= 15 is 0 Å². The smallest absolute Gasteiger partial charge is 1.00 e. The molecule has 1 unspecified atom stereocenters. The topological polar surface area (TPSA) is 183 Å². The summed E-state index contributed by atoms with van der Waals surface area (Å²) >= 11 is 0. The van der Waals surface area contributed by atoms with Crippen LogP contribution in [0.2, 0.25) is 0 Å². The molecule has 1 atom stereocenters. The van der Waals surface area contributed by atoms with Crippen molar-refractivity contribution in [3.63, 3.8) is 0 Å². The number of aliphatic carboxylic acids is 2. The standard InChI is InChI=1S/C8H10O3S.C4H6O7S.K.3Na.4H/c1-6-4-3-5-8(7(6)2)12(9,10)11;5-3(6)1-2(4(7)8)12(9,10)11;;;;;;;;/h3-5H,1-2H3,(H,9,10,11);2H,1H2,(H,5,6)(H,7,8)(H,9,10,11);;;;;;;;/q;;4*+1;4*-1. The van der Waals surface area contributed by atoms with Crippen molar-refractivity contribution >= 4 is 32.2 Å². The quantitative estimate of drug-likeness (QED) is 0.226. The molecule has 0 saturated carbocycles. The van der Waals surface area contributed by atoms with Crippen LogP contribution in [0, 0.1) is 13.8 Å². The van der Waals surface area contributed by atoms with Crippen LogP contribution in [-0.4, -0.2) is 53.3 Å². The average molecular weight is 496 g/mol. The third-order valence-corrected chi connectivity index (χ3v) is 4.91. The van der Waals surface area contributed by atoms with E-state index in [1.54, 1.807) is 26.0 Å². The van der Waals surface area contributed by atoms with Crippen LogP contribution < -0.4 is 140 Å². The number of hydrogen-bond acceptors (Lipinski definition) is 6. The number of hydrogen-bond donors (Lipinski definition) is 4. The Labute approximate surface area is 278 Å². The van der Waals surface area contributed by atoms with Gasteiger partial charge in [0.15, 0.2) is 5.25 Å². The molecule has 144 valence electrons. The Morgan fingerprint density at radius 1 is 1.00 bits per heavy atom. The molecule has 16 heteroatoms. The van der Waals surface area contributed by atoms with Gasteiger partial charge in [0.25, 0.3) is 20.2 Å². The molecule has 0 aliphatic rings. The first-order valence-corrected chi connectivity index (χ1v) is 9.06. The Morgan fingerprint density at radius 2 is 1.43 bits per heavy atom. The normalized spacial score (nSPS) is 10.9. The van der Waals surface area contributed by atoms with Crippen molar-refractivity contribution in [3.05, 3.63) is 29.3 Å². The second kappa shape index (κ2) is 18.1. The molecule has 1 aromatic rings. The van der Waals surface area contributed by atoms with Gasteiger partial charge in [0.05, 0.1) is 11.3 Å². The van der Waals surface area contributed by atoms with Crippen LogP contribution in [0.4, 0.5) is 0 Å². The van der Waals surface area contributed by atoms with Gasteiger partial charge in [-0.05, 0) is 31.0 Å². The van der Waals surface area contributed by atoms with Crippen molar-refractivity contribution in [2.75, 3.05) is 0 Å². The number of carbonyl (C=O) groups is 2. The SMILES string of the molecule is Cc1cccc(S(=O)(=O)O)c1C.O=C(O)CC(C(=O)O)S(=O)(=O)O.[H-].[H-].[H-].[H-].[K+].[Na+].[Na+].[Na+]. The zero-order valence-corrected chi connectivity index (χ0v) is 27.3. The fourth-order valence-corrected chi connectivity index (χ4v) is 2.89. The van der Waals surface area contributed by atoms with Gasteiger partial charge in [-0.3, -0.25) is 18.7 Å². The minimum Gasteiger partial charge on any atom is -1.00 e. The van der Waals surface area contributed by atoms with Crippen LogP contribution in [0.3, 0.4) is 0 Å². The summed E-state index contributed by atoms with van der Waals surface area (Å²) in [5.74, 6) is -3.50. The van der Waals surface area contributed by atoms with Crippen molar-refractivity contribution < 1.29 is 192 Å². The molecule has 1 rings (SSSR count). The molecule has 1 aromatic carbocycles. The molecule has 4 N–H and O–H groups in total. The van der Waals surface area contributed by atoms with E-state index in [0.29, 0.717) is 5.56 Å². The zero-order chi connectivity index (χ0) is 19.3. The molecule has 0 amide bonds. The molecule has 0 fully saturated rings. The number of benzene rings is 1. The van der Waals surface area contributed by atoms with Crippen LogP contribution in [0.1, 0.15) is 23.3 Å². The molecule has 0 bridgehead atoms. The van der Waals surface area contributed by atoms with Crippen LogP contribution >= 0.6 is 0 Å². The van der Waals surface area contributed by atoms with E-state index in [0.717, 1.165) is 5.56 Å². The Balaban J connectivity index is -0.0000000378. The molecular weight excluding hydrogens is 476 g/mol. The second-order valence-electron chi connectivity index (χ2n) is 4.61. The van der Waals surface area contributed by atoms with Gasteiger partial charge >= 0.3 is 152 Å². The molecule has 10 nitrogen and oxygen atoms in total. The molecule has 0 spiro atoms. The predicted octanol–water partition coefficient (Wildman–Crippen LogP) is -11.2. The van der Waals surface area contributed by atoms with Crippen LogP contribution in [0.15, 0.2) is 23.1 Å². The average Bonchev–Trinajstić information content (AvgIpc) is 2.37. The Morgan fingerprint density at radius 3 is 1.64 bits per heavy atom. The summed E-state index contributed by atoms with van der Waals surface area (Å²) < 4.78 is 59.0. The van der Waals surface area contributed by atoms with Gasteiger partial charge in [0.2, 0.25) is 0 Å². The van der Waals surface area contributed by atoms with Gasteiger partial charge in [-0.1, -0.05) is 12.1 Å². The van der Waals surface area contributed by atoms with Crippen molar-refractivity contribution in [3.8, 4) is 0 Å². The van der Waals surface area contributed by atoms with E-state index in [9.17, 15) is 26.4 Å². The van der Waals surface area contributed by atoms with E-state index in [1.165, 1.54) is 6.07 Å². The number of carboxylic acids is 2. The summed E-state index contributed by atoms with van der Waals surface area (Å²) in [5.41, 5.74) is 1.45. The van der Waals surface area contributed by atoms with Crippen LogP contribution in [-0.2, 0) is 29.8 Å². The van der Waals surface area contributed by atoms with Crippen molar-refractivity contribution in [1.82, 2.24) is 0 Å². The second-order valence-corrected chi connectivity index (χ2v) is 7.60. The first kappa shape index (κ1) is 40.9. The molecular formula is C12H20KNa3O10S2. The van der Waals surface area contributed by atoms with Gasteiger partial charge in [0, 0.05) is 0 Å².